The Labute approximate surface area is 170 Å². The average Bonchev–Trinajstić information content (AvgIpc) is 2.68. The van der Waals surface area contributed by atoms with E-state index in [9.17, 15) is 0 Å². The van der Waals surface area contributed by atoms with Crippen molar-refractivity contribution < 1.29 is 9.47 Å². The number of rotatable bonds is 9. The molecule has 2 N–H and O–H groups in total. The van der Waals surface area contributed by atoms with E-state index in [0.29, 0.717) is 18.7 Å². The molecule has 1 aliphatic heterocycles. The van der Waals surface area contributed by atoms with E-state index in [4.69, 9.17) is 9.47 Å². The molecule has 0 bridgehead atoms. The van der Waals surface area contributed by atoms with Crippen LogP contribution >= 0.6 is 0 Å². The summed E-state index contributed by atoms with van der Waals surface area (Å²) in [6, 6.07) is 8.62. The number of ether oxygens (including phenoxy) is 2. The van der Waals surface area contributed by atoms with Gasteiger partial charge in [0.15, 0.2) is 5.96 Å². The molecular formula is C22H38N4O2. The standard InChI is InChI=1S/C22H38N4O2/c1-17(2)27-15-14-26-12-10-20(11-13-26)25-22(23-5)24-16-19(4)28-21-8-6-18(3)7-9-21/h6-9,17,19-20H,10-16H2,1-5H3,(H2,23,24,25). The van der Waals surface area contributed by atoms with Crippen molar-refractivity contribution in [2.24, 2.45) is 4.99 Å². The number of nitrogens with zero attached hydrogens (tertiary/aromatic N) is 2. The molecule has 0 radical (unpaired) electrons. The molecule has 1 unspecified atom stereocenters. The van der Waals surface area contributed by atoms with Crippen LogP contribution in [0, 0.1) is 6.92 Å². The Morgan fingerprint density at radius 1 is 1.18 bits per heavy atom. The molecule has 0 aliphatic carbocycles. The van der Waals surface area contributed by atoms with Crippen LogP contribution in [-0.4, -0.2) is 68.9 Å². The zero-order valence-electron chi connectivity index (χ0n) is 18.2. The van der Waals surface area contributed by atoms with Crippen molar-refractivity contribution in [2.45, 2.75) is 58.8 Å². The highest BCUT2D eigenvalue weighted by Gasteiger charge is 2.20. The number of hydrogen-bond donors (Lipinski definition) is 2. The highest BCUT2D eigenvalue weighted by Crippen LogP contribution is 2.13. The normalized spacial score (nSPS) is 17.6. The van der Waals surface area contributed by atoms with Crippen molar-refractivity contribution in [1.29, 1.82) is 0 Å². The Bertz CT molecular complexity index is 581. The van der Waals surface area contributed by atoms with E-state index in [1.54, 1.807) is 0 Å². The van der Waals surface area contributed by atoms with Gasteiger partial charge in [0.05, 0.1) is 19.3 Å². The lowest BCUT2D eigenvalue weighted by Crippen LogP contribution is -2.50. The van der Waals surface area contributed by atoms with E-state index in [-0.39, 0.29) is 6.10 Å². The molecule has 0 saturated carbocycles. The largest absolute Gasteiger partial charge is 0.489 e. The Hall–Kier alpha value is -1.79. The Morgan fingerprint density at radius 3 is 2.46 bits per heavy atom. The number of aliphatic imine (C=N–C) groups is 1. The number of likely N-dealkylation sites (tertiary alicyclic amines) is 1. The average molecular weight is 391 g/mol. The molecule has 1 aromatic rings. The van der Waals surface area contributed by atoms with Gasteiger partial charge in [0.1, 0.15) is 11.9 Å². The number of hydrogen-bond acceptors (Lipinski definition) is 4. The molecule has 6 heteroatoms. The fourth-order valence-corrected chi connectivity index (χ4v) is 3.24. The fraction of sp³-hybridized carbons (Fsp3) is 0.682. The maximum Gasteiger partial charge on any atom is 0.191 e. The van der Waals surface area contributed by atoms with E-state index in [1.165, 1.54) is 5.56 Å². The Balaban J connectivity index is 1.65. The van der Waals surface area contributed by atoms with Crippen molar-refractivity contribution in [3.05, 3.63) is 29.8 Å². The van der Waals surface area contributed by atoms with Gasteiger partial charge in [0.25, 0.3) is 0 Å². The van der Waals surface area contributed by atoms with Gasteiger partial charge < -0.3 is 25.0 Å². The SMILES string of the molecule is CN=C(NCC(C)Oc1ccc(C)cc1)NC1CCN(CCOC(C)C)CC1. The molecule has 28 heavy (non-hydrogen) atoms. The van der Waals surface area contributed by atoms with Crippen molar-refractivity contribution in [2.75, 3.05) is 39.8 Å². The van der Waals surface area contributed by atoms with Crippen LogP contribution in [0.2, 0.25) is 0 Å². The number of nitrogens with one attached hydrogen (secondary N) is 2. The third-order valence-corrected chi connectivity index (χ3v) is 4.93. The summed E-state index contributed by atoms with van der Waals surface area (Å²) in [6.07, 6.45) is 2.62. The van der Waals surface area contributed by atoms with E-state index in [2.05, 4.69) is 60.4 Å². The topological polar surface area (TPSA) is 58.1 Å². The smallest absolute Gasteiger partial charge is 0.191 e. The van der Waals surface area contributed by atoms with E-state index < -0.39 is 0 Å². The molecule has 0 aromatic heterocycles. The van der Waals surface area contributed by atoms with Gasteiger partial charge in [-0.15, -0.1) is 0 Å². The molecule has 1 aliphatic rings. The van der Waals surface area contributed by atoms with E-state index in [0.717, 1.165) is 50.8 Å². The molecule has 158 valence electrons. The second kappa shape index (κ2) is 11.9. The van der Waals surface area contributed by atoms with Gasteiger partial charge in [-0.3, -0.25) is 4.99 Å². The lowest BCUT2D eigenvalue weighted by atomic mass is 10.1. The minimum absolute atomic E-state index is 0.0593. The highest BCUT2D eigenvalue weighted by molar-refractivity contribution is 5.80. The summed E-state index contributed by atoms with van der Waals surface area (Å²) in [4.78, 5) is 6.85. The maximum absolute atomic E-state index is 5.96. The molecule has 6 nitrogen and oxygen atoms in total. The predicted octanol–water partition coefficient (Wildman–Crippen LogP) is 2.82. The quantitative estimate of drug-likeness (QED) is 0.502. The van der Waals surface area contributed by atoms with Crippen molar-refractivity contribution in [3.8, 4) is 5.75 Å². The summed E-state index contributed by atoms with van der Waals surface area (Å²) in [6.45, 7) is 13.1. The first kappa shape index (κ1) is 22.5. The second-order valence-electron chi connectivity index (χ2n) is 7.87. The van der Waals surface area contributed by atoms with Gasteiger partial charge in [-0.2, -0.15) is 0 Å². The van der Waals surface area contributed by atoms with E-state index in [1.807, 2.05) is 19.2 Å². The summed E-state index contributed by atoms with van der Waals surface area (Å²) >= 11 is 0. The summed E-state index contributed by atoms with van der Waals surface area (Å²) in [5.41, 5.74) is 1.24. The number of guanidine groups is 1. The molecule has 1 fully saturated rings. The third kappa shape index (κ3) is 8.48. The van der Waals surface area contributed by atoms with Gasteiger partial charge in [-0.1, -0.05) is 17.7 Å². The molecular weight excluding hydrogens is 352 g/mol. The summed E-state index contributed by atoms with van der Waals surface area (Å²) in [5, 5.41) is 6.94. The summed E-state index contributed by atoms with van der Waals surface area (Å²) in [5.74, 6) is 1.75. The van der Waals surface area contributed by atoms with Gasteiger partial charge in [-0.25, -0.2) is 0 Å². The Kier molecular flexibility index (Phi) is 9.58. The molecule has 0 amide bonds. The van der Waals surface area contributed by atoms with Crippen LogP contribution in [-0.2, 0) is 4.74 Å². The molecule has 2 rings (SSSR count). The first-order valence-corrected chi connectivity index (χ1v) is 10.5. The van der Waals surface area contributed by atoms with Crippen LogP contribution in [0.15, 0.2) is 29.3 Å². The third-order valence-electron chi connectivity index (χ3n) is 4.93. The van der Waals surface area contributed by atoms with Crippen LogP contribution in [0.1, 0.15) is 39.2 Å². The minimum Gasteiger partial charge on any atom is -0.489 e. The van der Waals surface area contributed by atoms with E-state index >= 15 is 0 Å². The molecule has 1 saturated heterocycles. The van der Waals surface area contributed by atoms with Crippen molar-refractivity contribution in [3.63, 3.8) is 0 Å². The first-order valence-electron chi connectivity index (χ1n) is 10.5. The monoisotopic (exact) mass is 390 g/mol. The zero-order valence-corrected chi connectivity index (χ0v) is 18.2. The number of benzene rings is 1. The number of piperidine rings is 1. The van der Waals surface area contributed by atoms with Gasteiger partial charge in [0.2, 0.25) is 0 Å². The van der Waals surface area contributed by atoms with Crippen LogP contribution in [0.25, 0.3) is 0 Å². The minimum atomic E-state index is 0.0593. The van der Waals surface area contributed by atoms with Gasteiger partial charge in [0, 0.05) is 32.7 Å². The highest BCUT2D eigenvalue weighted by atomic mass is 16.5. The fourth-order valence-electron chi connectivity index (χ4n) is 3.24. The maximum atomic E-state index is 5.96. The van der Waals surface area contributed by atoms with Crippen LogP contribution in [0.3, 0.4) is 0 Å². The molecule has 1 aromatic carbocycles. The van der Waals surface area contributed by atoms with Crippen LogP contribution in [0.4, 0.5) is 0 Å². The predicted molar refractivity (Wildman–Crippen MR) is 116 cm³/mol. The number of aryl methyl sites for hydroxylation is 1. The van der Waals surface area contributed by atoms with Crippen molar-refractivity contribution >= 4 is 5.96 Å². The zero-order chi connectivity index (χ0) is 20.4. The first-order chi connectivity index (χ1) is 13.5. The molecule has 0 spiro atoms. The summed E-state index contributed by atoms with van der Waals surface area (Å²) < 4.78 is 11.6. The van der Waals surface area contributed by atoms with Crippen molar-refractivity contribution in [1.82, 2.24) is 15.5 Å². The molecule has 1 heterocycles. The second-order valence-corrected chi connectivity index (χ2v) is 7.87. The van der Waals surface area contributed by atoms with Gasteiger partial charge in [-0.05, 0) is 52.7 Å². The van der Waals surface area contributed by atoms with Crippen LogP contribution in [0.5, 0.6) is 5.75 Å². The van der Waals surface area contributed by atoms with Crippen LogP contribution < -0.4 is 15.4 Å². The summed E-state index contributed by atoms with van der Waals surface area (Å²) in [7, 11) is 1.82. The lowest BCUT2D eigenvalue weighted by molar-refractivity contribution is 0.0532. The molecule has 1 atom stereocenters. The van der Waals surface area contributed by atoms with Gasteiger partial charge >= 0.3 is 0 Å². The Morgan fingerprint density at radius 2 is 1.86 bits per heavy atom. The lowest BCUT2D eigenvalue weighted by Gasteiger charge is -2.33.